The van der Waals surface area contributed by atoms with Crippen molar-refractivity contribution < 1.29 is 14.9 Å². The molecule has 0 aromatic carbocycles. The fraction of sp³-hybridized carbons (Fsp3) is 1.00. The van der Waals surface area contributed by atoms with E-state index >= 15 is 0 Å². The zero-order valence-electron chi connectivity index (χ0n) is 9.90. The fourth-order valence-electron chi connectivity index (χ4n) is 1.78. The van der Waals surface area contributed by atoms with Crippen LogP contribution in [0.25, 0.3) is 0 Å². The number of aliphatic hydroxyl groups excluding tert-OH is 2. The molecule has 1 fully saturated rings. The van der Waals surface area contributed by atoms with E-state index < -0.39 is 0 Å². The average Bonchev–Trinajstić information content (AvgIpc) is 2.30. The van der Waals surface area contributed by atoms with Crippen molar-refractivity contribution in [2.24, 2.45) is 0 Å². The number of β-amino-alcohol motifs (C(OH)–C–C–N with tert-alkyl or cyclic N) is 1. The maximum absolute atomic E-state index is 9.76. The number of hydrogen-bond acceptors (Lipinski definition) is 5. The second-order valence-electron chi connectivity index (χ2n) is 4.20. The monoisotopic (exact) mass is 232 g/mol. The van der Waals surface area contributed by atoms with Crippen LogP contribution in [0.2, 0.25) is 0 Å². The van der Waals surface area contributed by atoms with Crippen molar-refractivity contribution in [3.05, 3.63) is 0 Å². The molecule has 16 heavy (non-hydrogen) atoms. The smallest absolute Gasteiger partial charge is 0.0791 e. The summed E-state index contributed by atoms with van der Waals surface area (Å²) in [5, 5.41) is 21.5. The molecule has 0 saturated carbocycles. The van der Waals surface area contributed by atoms with Crippen LogP contribution in [-0.4, -0.2) is 73.8 Å². The molecule has 0 spiro atoms. The molecule has 1 saturated heterocycles. The minimum atomic E-state index is -0.313. The van der Waals surface area contributed by atoms with Gasteiger partial charge in [-0.3, -0.25) is 4.90 Å². The molecule has 1 unspecified atom stereocenters. The summed E-state index contributed by atoms with van der Waals surface area (Å²) in [7, 11) is 0. The van der Waals surface area contributed by atoms with E-state index in [9.17, 15) is 5.11 Å². The second kappa shape index (κ2) is 8.90. The molecule has 1 aliphatic heterocycles. The Kier molecular flexibility index (Phi) is 7.71. The van der Waals surface area contributed by atoms with Gasteiger partial charge in [0.1, 0.15) is 0 Å². The van der Waals surface area contributed by atoms with Crippen molar-refractivity contribution >= 4 is 0 Å². The van der Waals surface area contributed by atoms with Crippen LogP contribution in [-0.2, 0) is 4.74 Å². The number of nitrogens with one attached hydrogen (secondary N) is 1. The molecule has 96 valence electrons. The molecule has 3 N–H and O–H groups in total. The lowest BCUT2D eigenvalue weighted by molar-refractivity contribution is 0.0149. The van der Waals surface area contributed by atoms with E-state index in [0.29, 0.717) is 6.54 Å². The van der Waals surface area contributed by atoms with Crippen LogP contribution < -0.4 is 5.32 Å². The molecule has 1 atom stereocenters. The summed E-state index contributed by atoms with van der Waals surface area (Å²) in [6, 6.07) is 0. The fourth-order valence-corrected chi connectivity index (χ4v) is 1.78. The highest BCUT2D eigenvalue weighted by Gasteiger charge is 2.14. The molecule has 0 radical (unpaired) electrons. The predicted molar refractivity (Wildman–Crippen MR) is 62.5 cm³/mol. The van der Waals surface area contributed by atoms with Gasteiger partial charge in [0.2, 0.25) is 0 Å². The summed E-state index contributed by atoms with van der Waals surface area (Å²) in [6.45, 7) is 5.84. The van der Waals surface area contributed by atoms with E-state index in [-0.39, 0.29) is 12.7 Å². The van der Waals surface area contributed by atoms with Gasteiger partial charge in [-0.25, -0.2) is 0 Å². The van der Waals surface area contributed by atoms with Crippen molar-refractivity contribution in [3.63, 3.8) is 0 Å². The molecule has 1 aliphatic rings. The van der Waals surface area contributed by atoms with Crippen LogP contribution in [0.1, 0.15) is 12.8 Å². The predicted octanol–water partition coefficient (Wildman–Crippen LogP) is -0.958. The van der Waals surface area contributed by atoms with Crippen LogP contribution in [0, 0.1) is 0 Å². The third-order valence-corrected chi connectivity index (χ3v) is 2.71. The number of aliphatic hydroxyl groups is 2. The van der Waals surface area contributed by atoms with E-state index in [1.807, 2.05) is 0 Å². The van der Waals surface area contributed by atoms with Gasteiger partial charge in [-0.2, -0.15) is 0 Å². The van der Waals surface area contributed by atoms with Crippen molar-refractivity contribution in [2.75, 3.05) is 52.5 Å². The summed E-state index contributed by atoms with van der Waals surface area (Å²) in [6.07, 6.45) is 1.47. The van der Waals surface area contributed by atoms with Crippen molar-refractivity contribution in [3.8, 4) is 0 Å². The molecule has 0 bridgehead atoms. The highest BCUT2D eigenvalue weighted by molar-refractivity contribution is 4.69. The quantitative estimate of drug-likeness (QED) is 0.471. The lowest BCUT2D eigenvalue weighted by Gasteiger charge is -2.28. The minimum Gasteiger partial charge on any atom is -0.396 e. The van der Waals surface area contributed by atoms with Gasteiger partial charge in [0.15, 0.2) is 0 Å². The van der Waals surface area contributed by atoms with Crippen LogP contribution >= 0.6 is 0 Å². The Bertz CT molecular complexity index is 163. The molecular formula is C11H24N2O3. The molecule has 0 aromatic rings. The van der Waals surface area contributed by atoms with Gasteiger partial charge in [0, 0.05) is 32.8 Å². The van der Waals surface area contributed by atoms with Gasteiger partial charge in [-0.15, -0.1) is 0 Å². The molecule has 0 aliphatic carbocycles. The average molecular weight is 232 g/mol. The molecule has 1 rings (SSSR count). The first-order valence-electron chi connectivity index (χ1n) is 6.12. The third-order valence-electron chi connectivity index (χ3n) is 2.71. The lowest BCUT2D eigenvalue weighted by atomic mass is 10.3. The van der Waals surface area contributed by atoms with Gasteiger partial charge in [-0.05, 0) is 19.4 Å². The Hall–Kier alpha value is -0.200. The topological polar surface area (TPSA) is 65.0 Å². The van der Waals surface area contributed by atoms with E-state index in [4.69, 9.17) is 9.84 Å². The van der Waals surface area contributed by atoms with Crippen LogP contribution in [0.4, 0.5) is 0 Å². The summed E-state index contributed by atoms with van der Waals surface area (Å²) >= 11 is 0. The maximum Gasteiger partial charge on any atom is 0.0791 e. The summed E-state index contributed by atoms with van der Waals surface area (Å²) in [5.74, 6) is 0. The van der Waals surface area contributed by atoms with Crippen molar-refractivity contribution in [2.45, 2.75) is 18.9 Å². The highest BCUT2D eigenvalue weighted by atomic mass is 16.5. The zero-order chi connectivity index (χ0) is 11.6. The third kappa shape index (κ3) is 6.40. The Morgan fingerprint density at radius 2 is 2.00 bits per heavy atom. The molecule has 5 heteroatoms. The lowest BCUT2D eigenvalue weighted by Crippen LogP contribution is -2.43. The number of ether oxygens (including phenoxy) is 1. The Morgan fingerprint density at radius 3 is 2.69 bits per heavy atom. The molecule has 0 aromatic heterocycles. The molecule has 1 heterocycles. The standard InChI is InChI=1S/C11H24N2O3/c14-6-2-1-3-12-9-11(15)10-13-4-7-16-8-5-13/h11-12,14-15H,1-10H2. The number of nitrogens with zero attached hydrogens (tertiary/aromatic N) is 1. The van der Waals surface area contributed by atoms with Gasteiger partial charge in [0.25, 0.3) is 0 Å². The SMILES string of the molecule is OCCCCNCC(O)CN1CCOCC1. The zero-order valence-corrected chi connectivity index (χ0v) is 9.90. The van der Waals surface area contributed by atoms with Gasteiger partial charge in [-0.1, -0.05) is 0 Å². The highest BCUT2D eigenvalue weighted by Crippen LogP contribution is 1.98. The molecular weight excluding hydrogens is 208 g/mol. The maximum atomic E-state index is 9.76. The van der Waals surface area contributed by atoms with E-state index in [1.165, 1.54) is 0 Å². The molecule has 0 amide bonds. The van der Waals surface area contributed by atoms with Crippen molar-refractivity contribution in [1.82, 2.24) is 10.2 Å². The number of rotatable bonds is 8. The number of unbranched alkanes of at least 4 members (excludes halogenated alkanes) is 1. The summed E-state index contributed by atoms with van der Waals surface area (Å²) in [4.78, 5) is 2.23. The van der Waals surface area contributed by atoms with Crippen LogP contribution in [0.3, 0.4) is 0 Å². The Labute approximate surface area is 97.4 Å². The van der Waals surface area contributed by atoms with Crippen molar-refractivity contribution in [1.29, 1.82) is 0 Å². The number of hydrogen-bond donors (Lipinski definition) is 3. The summed E-state index contributed by atoms with van der Waals surface area (Å²) < 4.78 is 5.24. The van der Waals surface area contributed by atoms with E-state index in [2.05, 4.69) is 10.2 Å². The van der Waals surface area contributed by atoms with Gasteiger partial charge < -0.3 is 20.3 Å². The largest absolute Gasteiger partial charge is 0.396 e. The van der Waals surface area contributed by atoms with E-state index in [0.717, 1.165) is 52.2 Å². The van der Waals surface area contributed by atoms with E-state index in [1.54, 1.807) is 0 Å². The minimum absolute atomic E-state index is 0.248. The first-order valence-corrected chi connectivity index (χ1v) is 6.12. The number of morpholine rings is 1. The van der Waals surface area contributed by atoms with Gasteiger partial charge >= 0.3 is 0 Å². The normalized spacial score (nSPS) is 19.9. The first-order chi connectivity index (χ1) is 7.83. The second-order valence-corrected chi connectivity index (χ2v) is 4.20. The van der Waals surface area contributed by atoms with Crippen LogP contribution in [0.5, 0.6) is 0 Å². The Balaban J connectivity index is 1.95. The Morgan fingerprint density at radius 1 is 1.25 bits per heavy atom. The summed E-state index contributed by atoms with van der Waals surface area (Å²) in [5.41, 5.74) is 0. The van der Waals surface area contributed by atoms with Gasteiger partial charge in [0.05, 0.1) is 19.3 Å². The van der Waals surface area contributed by atoms with Crippen LogP contribution in [0.15, 0.2) is 0 Å². The first kappa shape index (κ1) is 13.9. The molecule has 5 nitrogen and oxygen atoms in total.